The minimum Gasteiger partial charge on any atom is -0.309 e. The molecule has 0 heterocycles. The van der Waals surface area contributed by atoms with Crippen LogP contribution < -0.4 is 4.83 Å². The number of sulfonamides is 1. The van der Waals surface area contributed by atoms with Gasteiger partial charge in [-0.2, -0.15) is 13.5 Å². The topological polar surface area (TPSA) is 94.1 Å². The molecule has 0 amide bonds. The van der Waals surface area contributed by atoms with Crippen LogP contribution in [0.25, 0.3) is 0 Å². The Bertz CT molecular complexity index is 633. The summed E-state index contributed by atoms with van der Waals surface area (Å²) < 4.78 is 46.2. The molecule has 1 rings (SSSR count). The van der Waals surface area contributed by atoms with E-state index in [-0.39, 0.29) is 24.3 Å². The van der Waals surface area contributed by atoms with E-state index in [0.29, 0.717) is 0 Å². The summed E-state index contributed by atoms with van der Waals surface area (Å²) in [5.74, 6) is 0. The van der Waals surface area contributed by atoms with Crippen molar-refractivity contribution in [2.24, 2.45) is 5.10 Å². The quantitative estimate of drug-likeness (QED) is 0.420. The molecule has 0 bridgehead atoms. The molecule has 7 nitrogen and oxygen atoms in total. The second kappa shape index (κ2) is 8.43. The van der Waals surface area contributed by atoms with Gasteiger partial charge in [-0.3, -0.25) is 4.57 Å². The van der Waals surface area contributed by atoms with Crippen LogP contribution in [0.4, 0.5) is 0 Å². The molecule has 0 atom stereocenters. The van der Waals surface area contributed by atoms with Crippen LogP contribution >= 0.6 is 7.60 Å². The van der Waals surface area contributed by atoms with Crippen molar-refractivity contribution in [3.8, 4) is 0 Å². The van der Waals surface area contributed by atoms with Crippen molar-refractivity contribution in [2.75, 3.05) is 19.4 Å². The number of hydrazone groups is 1. The summed E-state index contributed by atoms with van der Waals surface area (Å²) in [6, 6.07) is 6.35. The van der Waals surface area contributed by atoms with Gasteiger partial charge in [0.2, 0.25) is 0 Å². The van der Waals surface area contributed by atoms with Crippen molar-refractivity contribution < 1.29 is 22.0 Å². The Labute approximate surface area is 131 Å². The molecule has 0 radical (unpaired) electrons. The van der Waals surface area contributed by atoms with Crippen molar-refractivity contribution in [1.29, 1.82) is 0 Å². The summed E-state index contributed by atoms with van der Waals surface area (Å²) >= 11 is 0. The second-order valence-electron chi connectivity index (χ2n) is 4.35. The molecule has 1 aromatic carbocycles. The van der Waals surface area contributed by atoms with E-state index < -0.39 is 17.6 Å². The molecule has 1 N–H and O–H groups in total. The molecule has 0 unspecified atom stereocenters. The number of nitrogens with zero attached hydrogens (tertiary/aromatic N) is 1. The SMILES string of the molecule is CCOP(=O)(CC=NNS(=O)(=O)c1ccc(C)cc1)OCC. The summed E-state index contributed by atoms with van der Waals surface area (Å²) in [6.07, 6.45) is 1.07. The van der Waals surface area contributed by atoms with Crippen LogP contribution in [-0.2, 0) is 23.6 Å². The monoisotopic (exact) mass is 348 g/mol. The van der Waals surface area contributed by atoms with Gasteiger partial charge < -0.3 is 9.05 Å². The van der Waals surface area contributed by atoms with Gasteiger partial charge in [0.25, 0.3) is 10.0 Å². The summed E-state index contributed by atoms with van der Waals surface area (Å²) in [6.45, 7) is 5.73. The molecule has 0 saturated heterocycles. The average molecular weight is 348 g/mol. The molecule has 0 aliphatic rings. The number of aryl methyl sites for hydroxylation is 1. The van der Waals surface area contributed by atoms with E-state index in [1.165, 1.54) is 18.3 Å². The number of hydrogen-bond donors (Lipinski definition) is 1. The Morgan fingerprint density at radius 3 is 2.23 bits per heavy atom. The van der Waals surface area contributed by atoms with Gasteiger partial charge in [-0.15, -0.1) is 0 Å². The fraction of sp³-hybridized carbons (Fsp3) is 0.462. The molecule has 0 fully saturated rings. The molecule has 0 aromatic heterocycles. The van der Waals surface area contributed by atoms with Gasteiger partial charge >= 0.3 is 7.60 Å². The molecule has 0 aliphatic heterocycles. The first-order valence-electron chi connectivity index (χ1n) is 6.81. The third kappa shape index (κ3) is 5.88. The highest BCUT2D eigenvalue weighted by atomic mass is 32.2. The summed E-state index contributed by atoms with van der Waals surface area (Å²) in [7, 11) is -7.00. The Hall–Kier alpha value is -1.21. The highest BCUT2D eigenvalue weighted by Gasteiger charge is 2.22. The minimum absolute atomic E-state index is 0.105. The predicted molar refractivity (Wildman–Crippen MR) is 85.7 cm³/mol. The zero-order valence-electron chi connectivity index (χ0n) is 12.9. The third-order valence-electron chi connectivity index (χ3n) is 2.55. The maximum Gasteiger partial charge on any atom is 0.336 e. The van der Waals surface area contributed by atoms with Gasteiger partial charge in [-0.1, -0.05) is 17.7 Å². The van der Waals surface area contributed by atoms with Crippen molar-refractivity contribution in [3.63, 3.8) is 0 Å². The van der Waals surface area contributed by atoms with E-state index in [9.17, 15) is 13.0 Å². The highest BCUT2D eigenvalue weighted by Crippen LogP contribution is 2.46. The van der Waals surface area contributed by atoms with Gasteiger partial charge in [0, 0.05) is 6.21 Å². The first-order chi connectivity index (χ1) is 10.3. The molecule has 22 heavy (non-hydrogen) atoms. The number of benzene rings is 1. The molecular weight excluding hydrogens is 327 g/mol. The molecule has 0 aliphatic carbocycles. The smallest absolute Gasteiger partial charge is 0.309 e. The lowest BCUT2D eigenvalue weighted by Gasteiger charge is -2.14. The highest BCUT2D eigenvalue weighted by molar-refractivity contribution is 7.89. The van der Waals surface area contributed by atoms with Crippen LogP contribution in [0.2, 0.25) is 0 Å². The maximum atomic E-state index is 12.1. The maximum absolute atomic E-state index is 12.1. The lowest BCUT2D eigenvalue weighted by atomic mass is 10.2. The van der Waals surface area contributed by atoms with E-state index in [0.717, 1.165) is 5.56 Å². The van der Waals surface area contributed by atoms with Gasteiger partial charge in [0.15, 0.2) is 0 Å². The van der Waals surface area contributed by atoms with E-state index in [1.807, 2.05) is 6.92 Å². The first-order valence-corrected chi connectivity index (χ1v) is 10.0. The Morgan fingerprint density at radius 1 is 1.18 bits per heavy atom. The molecule has 0 spiro atoms. The molecule has 1 aromatic rings. The van der Waals surface area contributed by atoms with Gasteiger partial charge in [-0.25, -0.2) is 4.83 Å². The first kappa shape index (κ1) is 18.8. The molecule has 124 valence electrons. The summed E-state index contributed by atoms with van der Waals surface area (Å²) in [4.78, 5) is 2.17. The molecule has 0 saturated carbocycles. The largest absolute Gasteiger partial charge is 0.336 e. The van der Waals surface area contributed by atoms with Crippen LogP contribution in [0.1, 0.15) is 19.4 Å². The second-order valence-corrected chi connectivity index (χ2v) is 8.11. The molecular formula is C13H21N2O5PS. The lowest BCUT2D eigenvalue weighted by Crippen LogP contribution is -2.18. The van der Waals surface area contributed by atoms with Gasteiger partial charge in [0.05, 0.1) is 24.3 Å². The fourth-order valence-electron chi connectivity index (χ4n) is 1.55. The lowest BCUT2D eigenvalue weighted by molar-refractivity contribution is 0.223. The molecule has 9 heteroatoms. The standard InChI is InChI=1S/C13H21N2O5PS/c1-4-19-21(16,20-5-2)11-10-14-15-22(17,18)13-8-6-12(3)7-9-13/h6-10,15H,4-5,11H2,1-3H3. The zero-order valence-corrected chi connectivity index (χ0v) is 14.6. The predicted octanol–water partition coefficient (Wildman–Crippen LogP) is 2.53. The van der Waals surface area contributed by atoms with Crippen LogP contribution in [-0.4, -0.2) is 34.0 Å². The van der Waals surface area contributed by atoms with Crippen molar-refractivity contribution >= 4 is 23.8 Å². The fourth-order valence-corrected chi connectivity index (χ4v) is 3.72. The average Bonchev–Trinajstić information content (AvgIpc) is 2.45. The van der Waals surface area contributed by atoms with E-state index in [4.69, 9.17) is 9.05 Å². The summed E-state index contributed by atoms with van der Waals surface area (Å²) in [5, 5.41) is 3.60. The van der Waals surface area contributed by atoms with Crippen molar-refractivity contribution in [1.82, 2.24) is 4.83 Å². The minimum atomic E-state index is -3.74. The van der Waals surface area contributed by atoms with Crippen LogP contribution in [0, 0.1) is 6.92 Å². The van der Waals surface area contributed by atoms with Gasteiger partial charge in [-0.05, 0) is 32.9 Å². The van der Waals surface area contributed by atoms with Crippen LogP contribution in [0.15, 0.2) is 34.3 Å². The normalized spacial score (nSPS) is 12.7. The Balaban J connectivity index is 2.68. The number of rotatable bonds is 9. The summed E-state index contributed by atoms with van der Waals surface area (Å²) in [5.41, 5.74) is 0.955. The van der Waals surface area contributed by atoms with Crippen molar-refractivity contribution in [3.05, 3.63) is 29.8 Å². The van der Waals surface area contributed by atoms with E-state index >= 15 is 0 Å². The third-order valence-corrected chi connectivity index (χ3v) is 5.70. The zero-order chi connectivity index (χ0) is 16.6. The van der Waals surface area contributed by atoms with E-state index in [2.05, 4.69) is 9.93 Å². The van der Waals surface area contributed by atoms with Crippen LogP contribution in [0.5, 0.6) is 0 Å². The van der Waals surface area contributed by atoms with Crippen molar-refractivity contribution in [2.45, 2.75) is 25.7 Å². The van der Waals surface area contributed by atoms with E-state index in [1.54, 1.807) is 26.0 Å². The number of hydrogen-bond acceptors (Lipinski definition) is 6. The Morgan fingerprint density at radius 2 is 1.73 bits per heavy atom. The van der Waals surface area contributed by atoms with Gasteiger partial charge in [0.1, 0.15) is 0 Å². The van der Waals surface area contributed by atoms with Crippen LogP contribution in [0.3, 0.4) is 0 Å². The number of nitrogens with one attached hydrogen (secondary N) is 1. The Kier molecular flexibility index (Phi) is 7.22.